The Labute approximate surface area is 53.6 Å². The summed E-state index contributed by atoms with van der Waals surface area (Å²) in [5.41, 5.74) is 0.334. The van der Waals surface area contributed by atoms with Crippen molar-refractivity contribution in [3.8, 4) is 0 Å². The van der Waals surface area contributed by atoms with Crippen LogP contribution in [0.5, 0.6) is 0 Å². The van der Waals surface area contributed by atoms with Gasteiger partial charge in [0, 0.05) is 18.4 Å². The number of ketones is 1. The molecule has 0 unspecified atom stereocenters. The molecule has 0 radical (unpaired) electrons. The van der Waals surface area contributed by atoms with Crippen molar-refractivity contribution in [2.45, 2.75) is 26.2 Å². The van der Waals surface area contributed by atoms with E-state index in [1.807, 2.05) is 0 Å². The third-order valence-corrected chi connectivity index (χ3v) is 1.63. The van der Waals surface area contributed by atoms with Gasteiger partial charge in [0.15, 0.2) is 5.78 Å². The molecule has 0 bridgehead atoms. The molecular formula is C7H9FO. The van der Waals surface area contributed by atoms with Crippen LogP contribution in [0.3, 0.4) is 0 Å². The van der Waals surface area contributed by atoms with Gasteiger partial charge in [-0.2, -0.15) is 0 Å². The van der Waals surface area contributed by atoms with Gasteiger partial charge in [-0.1, -0.05) is 0 Å². The van der Waals surface area contributed by atoms with Gasteiger partial charge in [0.1, 0.15) is 5.83 Å². The summed E-state index contributed by atoms with van der Waals surface area (Å²) < 4.78 is 12.5. The first-order chi connectivity index (χ1) is 4.22. The van der Waals surface area contributed by atoms with E-state index in [1.165, 1.54) is 0 Å². The quantitative estimate of drug-likeness (QED) is 0.487. The van der Waals surface area contributed by atoms with Crippen LogP contribution >= 0.6 is 0 Å². The minimum atomic E-state index is -0.216. The molecule has 0 aromatic rings. The second kappa shape index (κ2) is 2.29. The molecule has 1 rings (SSSR count). The van der Waals surface area contributed by atoms with E-state index in [1.54, 1.807) is 6.92 Å². The summed E-state index contributed by atoms with van der Waals surface area (Å²) in [6.45, 7) is 1.55. The molecule has 0 saturated heterocycles. The third kappa shape index (κ3) is 1.18. The molecular weight excluding hydrogens is 119 g/mol. The Kier molecular flexibility index (Phi) is 1.65. The molecule has 0 heterocycles. The Morgan fingerprint density at radius 2 is 2.11 bits per heavy atom. The van der Waals surface area contributed by atoms with E-state index >= 15 is 0 Å². The molecule has 2 heteroatoms. The van der Waals surface area contributed by atoms with Crippen LogP contribution in [0.25, 0.3) is 0 Å². The molecule has 0 N–H and O–H groups in total. The number of rotatable bonds is 0. The molecule has 0 saturated carbocycles. The van der Waals surface area contributed by atoms with Crippen molar-refractivity contribution in [1.82, 2.24) is 0 Å². The maximum atomic E-state index is 12.5. The second-order valence-electron chi connectivity index (χ2n) is 2.31. The normalized spacial score (nSPS) is 20.9. The van der Waals surface area contributed by atoms with Crippen LogP contribution < -0.4 is 0 Å². The highest BCUT2D eigenvalue weighted by molar-refractivity contribution is 5.95. The van der Waals surface area contributed by atoms with Crippen molar-refractivity contribution in [2.24, 2.45) is 0 Å². The molecule has 1 aliphatic rings. The smallest absolute Gasteiger partial charge is 0.161 e. The Balaban J connectivity index is 2.84. The van der Waals surface area contributed by atoms with Gasteiger partial charge >= 0.3 is 0 Å². The van der Waals surface area contributed by atoms with Gasteiger partial charge in [0.05, 0.1) is 0 Å². The molecule has 0 aliphatic heterocycles. The first-order valence-electron chi connectivity index (χ1n) is 3.10. The highest BCUT2D eigenvalue weighted by Gasteiger charge is 2.15. The van der Waals surface area contributed by atoms with Gasteiger partial charge in [0.25, 0.3) is 0 Å². The van der Waals surface area contributed by atoms with Crippen molar-refractivity contribution in [3.63, 3.8) is 0 Å². The molecule has 0 atom stereocenters. The van der Waals surface area contributed by atoms with Crippen LogP contribution in [-0.2, 0) is 4.79 Å². The zero-order valence-corrected chi connectivity index (χ0v) is 5.41. The van der Waals surface area contributed by atoms with Gasteiger partial charge in [-0.15, -0.1) is 0 Å². The number of Topliss-reactive ketones (excluding diaryl/α,β-unsaturated/α-hetero) is 1. The lowest BCUT2D eigenvalue weighted by Crippen LogP contribution is -2.06. The van der Waals surface area contributed by atoms with E-state index in [9.17, 15) is 9.18 Å². The summed E-state index contributed by atoms with van der Waals surface area (Å²) in [7, 11) is 0. The van der Waals surface area contributed by atoms with Crippen LogP contribution in [0.2, 0.25) is 0 Å². The summed E-state index contributed by atoms with van der Waals surface area (Å²) in [4.78, 5) is 10.7. The number of carbonyl (C=O) groups is 1. The minimum Gasteiger partial charge on any atom is -0.294 e. The highest BCUT2D eigenvalue weighted by Crippen LogP contribution is 2.21. The number of halogens is 1. The number of carbonyl (C=O) groups excluding carboxylic acids is 1. The molecule has 0 amide bonds. The summed E-state index contributed by atoms with van der Waals surface area (Å²) in [6, 6.07) is 0. The summed E-state index contributed by atoms with van der Waals surface area (Å²) in [6.07, 6.45) is 1.67. The van der Waals surface area contributed by atoms with Crippen molar-refractivity contribution in [1.29, 1.82) is 0 Å². The Bertz CT molecular complexity index is 170. The van der Waals surface area contributed by atoms with Gasteiger partial charge in [-0.3, -0.25) is 4.79 Å². The van der Waals surface area contributed by atoms with E-state index in [0.29, 0.717) is 24.8 Å². The second-order valence-corrected chi connectivity index (χ2v) is 2.31. The fourth-order valence-electron chi connectivity index (χ4n) is 0.930. The van der Waals surface area contributed by atoms with Crippen molar-refractivity contribution < 1.29 is 9.18 Å². The zero-order valence-electron chi connectivity index (χ0n) is 5.41. The van der Waals surface area contributed by atoms with Gasteiger partial charge in [-0.25, -0.2) is 4.39 Å². The molecule has 0 aromatic heterocycles. The number of hydrogen-bond donors (Lipinski definition) is 0. The summed E-state index contributed by atoms with van der Waals surface area (Å²) >= 11 is 0. The molecule has 0 fully saturated rings. The molecule has 1 nitrogen and oxygen atoms in total. The van der Waals surface area contributed by atoms with Crippen LogP contribution in [0.4, 0.5) is 4.39 Å². The summed E-state index contributed by atoms with van der Waals surface area (Å²) in [5, 5.41) is 0. The predicted octanol–water partition coefficient (Wildman–Crippen LogP) is 1.98. The Morgan fingerprint density at radius 3 is 2.56 bits per heavy atom. The average molecular weight is 128 g/mol. The van der Waals surface area contributed by atoms with Gasteiger partial charge in [0.2, 0.25) is 0 Å². The predicted molar refractivity (Wildman–Crippen MR) is 32.7 cm³/mol. The van der Waals surface area contributed by atoms with E-state index < -0.39 is 0 Å². The molecule has 0 spiro atoms. The lowest BCUT2D eigenvalue weighted by atomic mass is 9.99. The van der Waals surface area contributed by atoms with E-state index in [4.69, 9.17) is 0 Å². The number of allylic oxidation sites excluding steroid dienone is 2. The van der Waals surface area contributed by atoms with E-state index in [0.717, 1.165) is 0 Å². The van der Waals surface area contributed by atoms with Crippen molar-refractivity contribution in [3.05, 3.63) is 11.4 Å². The Morgan fingerprint density at radius 1 is 1.44 bits per heavy atom. The van der Waals surface area contributed by atoms with E-state index in [-0.39, 0.29) is 11.6 Å². The molecule has 1 aliphatic carbocycles. The van der Waals surface area contributed by atoms with Crippen LogP contribution in [-0.4, -0.2) is 5.78 Å². The van der Waals surface area contributed by atoms with Crippen LogP contribution in [0.15, 0.2) is 11.4 Å². The van der Waals surface area contributed by atoms with E-state index in [2.05, 4.69) is 0 Å². The number of hydrogen-bond acceptors (Lipinski definition) is 1. The third-order valence-electron chi connectivity index (χ3n) is 1.63. The maximum Gasteiger partial charge on any atom is 0.161 e. The molecule has 0 aromatic carbocycles. The molecule has 50 valence electrons. The van der Waals surface area contributed by atoms with Crippen molar-refractivity contribution in [2.75, 3.05) is 0 Å². The lowest BCUT2D eigenvalue weighted by molar-refractivity contribution is -0.116. The maximum absolute atomic E-state index is 12.5. The monoisotopic (exact) mass is 128 g/mol. The zero-order chi connectivity index (χ0) is 6.85. The largest absolute Gasteiger partial charge is 0.294 e. The first-order valence-corrected chi connectivity index (χ1v) is 3.10. The van der Waals surface area contributed by atoms with Gasteiger partial charge < -0.3 is 0 Å². The highest BCUT2D eigenvalue weighted by atomic mass is 19.1. The van der Waals surface area contributed by atoms with Crippen molar-refractivity contribution >= 4 is 5.78 Å². The van der Waals surface area contributed by atoms with Crippen LogP contribution in [0.1, 0.15) is 26.2 Å². The Hall–Kier alpha value is -0.660. The lowest BCUT2D eigenvalue weighted by Gasteiger charge is -2.08. The topological polar surface area (TPSA) is 17.1 Å². The SMILES string of the molecule is CC1=C(F)CCCC1=O. The fourth-order valence-corrected chi connectivity index (χ4v) is 0.930. The molecule has 9 heavy (non-hydrogen) atoms. The first kappa shape index (κ1) is 6.46. The fraction of sp³-hybridized carbons (Fsp3) is 0.571. The standard InChI is InChI=1S/C7H9FO/c1-5-6(8)3-2-4-7(5)9/h2-4H2,1H3. The minimum absolute atomic E-state index is 0.0289. The summed E-state index contributed by atoms with van der Waals surface area (Å²) in [5.74, 6) is -0.245. The van der Waals surface area contributed by atoms with Gasteiger partial charge in [-0.05, 0) is 13.3 Å². The van der Waals surface area contributed by atoms with Crippen LogP contribution in [0, 0.1) is 0 Å². The average Bonchev–Trinajstić information content (AvgIpc) is 1.83.